The van der Waals surface area contributed by atoms with Gasteiger partial charge in [0.05, 0.1) is 17.6 Å². The molecule has 0 unspecified atom stereocenters. The average molecular weight is 477 g/mol. The van der Waals surface area contributed by atoms with Crippen LogP contribution in [0.5, 0.6) is 5.75 Å². The van der Waals surface area contributed by atoms with Gasteiger partial charge in [-0.05, 0) is 62.4 Å². The van der Waals surface area contributed by atoms with Crippen molar-refractivity contribution in [2.45, 2.75) is 38.7 Å². The summed E-state index contributed by atoms with van der Waals surface area (Å²) in [5.41, 5.74) is 1.15. The van der Waals surface area contributed by atoms with Gasteiger partial charge in [0.25, 0.3) is 11.8 Å². The van der Waals surface area contributed by atoms with E-state index in [-0.39, 0.29) is 36.6 Å². The van der Waals surface area contributed by atoms with E-state index in [1.54, 1.807) is 18.2 Å². The van der Waals surface area contributed by atoms with E-state index in [4.69, 9.17) is 21.4 Å². The molecule has 1 saturated carbocycles. The smallest absolute Gasteiger partial charge is 0.306 e. The number of hydrogen-bond acceptors (Lipinski definition) is 4. The van der Waals surface area contributed by atoms with E-state index < -0.39 is 17.7 Å². The number of halogens is 2. The molecule has 0 atom stereocenters. The van der Waals surface area contributed by atoms with E-state index >= 15 is 0 Å². The van der Waals surface area contributed by atoms with Crippen LogP contribution in [0.15, 0.2) is 36.4 Å². The first-order valence-electron chi connectivity index (χ1n) is 10.8. The Morgan fingerprint density at radius 3 is 2.30 bits per heavy atom. The van der Waals surface area contributed by atoms with Crippen molar-refractivity contribution in [3.63, 3.8) is 0 Å². The van der Waals surface area contributed by atoms with Crippen molar-refractivity contribution < 1.29 is 28.6 Å². The van der Waals surface area contributed by atoms with Gasteiger partial charge >= 0.3 is 5.97 Å². The molecule has 0 aliphatic heterocycles. The van der Waals surface area contributed by atoms with Crippen molar-refractivity contribution in [3.05, 3.63) is 63.9 Å². The molecule has 33 heavy (non-hydrogen) atoms. The molecule has 0 saturated heterocycles. The number of aliphatic carboxylic acids is 1. The van der Waals surface area contributed by atoms with Crippen molar-refractivity contribution in [2.75, 3.05) is 13.1 Å². The number of amides is 2. The number of ether oxygens (including phenoxy) is 1. The molecule has 0 bridgehead atoms. The van der Waals surface area contributed by atoms with Gasteiger partial charge in [-0.1, -0.05) is 17.7 Å². The van der Waals surface area contributed by atoms with Gasteiger partial charge in [0.2, 0.25) is 0 Å². The Morgan fingerprint density at radius 1 is 1.03 bits per heavy atom. The first kappa shape index (κ1) is 24.5. The van der Waals surface area contributed by atoms with Crippen molar-refractivity contribution in [2.24, 2.45) is 5.92 Å². The average Bonchev–Trinajstić information content (AvgIpc) is 2.78. The Bertz CT molecular complexity index is 1040. The van der Waals surface area contributed by atoms with Crippen LogP contribution in [-0.4, -0.2) is 42.1 Å². The lowest BCUT2D eigenvalue weighted by atomic mass is 9.87. The Morgan fingerprint density at radius 2 is 1.70 bits per heavy atom. The van der Waals surface area contributed by atoms with Gasteiger partial charge in [-0.15, -0.1) is 0 Å². The van der Waals surface area contributed by atoms with Crippen molar-refractivity contribution >= 4 is 29.4 Å². The van der Waals surface area contributed by atoms with E-state index in [9.17, 15) is 18.8 Å². The summed E-state index contributed by atoms with van der Waals surface area (Å²) in [4.78, 5) is 35.5. The SMILES string of the molecule is Cc1ccc(C(=O)NCCNC(=O)c2ccc(OC3CCC(C(=O)O)CC3)cc2F)cc1Cl. The molecular formula is C24H26ClFN2O5. The Labute approximate surface area is 196 Å². The topological polar surface area (TPSA) is 105 Å². The van der Waals surface area contributed by atoms with Crippen LogP contribution in [0.1, 0.15) is 52.0 Å². The highest BCUT2D eigenvalue weighted by Gasteiger charge is 2.27. The minimum atomic E-state index is -0.797. The summed E-state index contributed by atoms with van der Waals surface area (Å²) in [6.07, 6.45) is 2.04. The van der Waals surface area contributed by atoms with Crippen LogP contribution in [0, 0.1) is 18.7 Å². The zero-order valence-corrected chi connectivity index (χ0v) is 19.0. The first-order valence-corrected chi connectivity index (χ1v) is 11.1. The van der Waals surface area contributed by atoms with Crippen LogP contribution in [0.25, 0.3) is 0 Å². The molecule has 1 aliphatic rings. The van der Waals surface area contributed by atoms with Gasteiger partial charge in [0.15, 0.2) is 0 Å². The minimum Gasteiger partial charge on any atom is -0.490 e. The number of carboxylic acids is 1. The number of hydrogen-bond donors (Lipinski definition) is 3. The zero-order valence-electron chi connectivity index (χ0n) is 18.2. The lowest BCUT2D eigenvalue weighted by Gasteiger charge is -2.26. The normalized spacial score (nSPS) is 17.8. The summed E-state index contributed by atoms with van der Waals surface area (Å²) in [5.74, 6) is -2.50. The van der Waals surface area contributed by atoms with Gasteiger partial charge < -0.3 is 20.5 Å². The fourth-order valence-corrected chi connectivity index (χ4v) is 3.84. The summed E-state index contributed by atoms with van der Waals surface area (Å²) in [6, 6.07) is 8.99. The Hall–Kier alpha value is -3.13. The molecule has 1 fully saturated rings. The van der Waals surface area contributed by atoms with Gasteiger partial charge in [-0.3, -0.25) is 14.4 Å². The maximum atomic E-state index is 14.5. The number of carbonyl (C=O) groups is 3. The molecule has 0 heterocycles. The highest BCUT2D eigenvalue weighted by Crippen LogP contribution is 2.28. The molecule has 176 valence electrons. The van der Waals surface area contributed by atoms with Gasteiger partial charge in [0.1, 0.15) is 11.6 Å². The number of carbonyl (C=O) groups excluding carboxylic acids is 2. The first-order chi connectivity index (χ1) is 15.7. The summed E-state index contributed by atoms with van der Waals surface area (Å²) < 4.78 is 20.2. The lowest BCUT2D eigenvalue weighted by Crippen LogP contribution is -2.35. The number of nitrogens with one attached hydrogen (secondary N) is 2. The summed E-state index contributed by atoms with van der Waals surface area (Å²) >= 11 is 6.02. The molecule has 2 aromatic carbocycles. The number of aryl methyl sites for hydroxylation is 1. The molecule has 9 heteroatoms. The van der Waals surface area contributed by atoms with Gasteiger partial charge in [0, 0.05) is 29.7 Å². The molecule has 2 aromatic rings. The predicted molar refractivity (Wildman–Crippen MR) is 121 cm³/mol. The third-order valence-corrected chi connectivity index (χ3v) is 6.05. The molecule has 3 rings (SSSR count). The highest BCUT2D eigenvalue weighted by molar-refractivity contribution is 6.31. The number of carboxylic acid groups (broad SMARTS) is 1. The molecule has 7 nitrogen and oxygen atoms in total. The Kier molecular flexibility index (Phi) is 8.27. The summed E-state index contributed by atoms with van der Waals surface area (Å²) in [7, 11) is 0. The minimum absolute atomic E-state index is 0.120. The summed E-state index contributed by atoms with van der Waals surface area (Å²) in [6.45, 7) is 2.12. The molecule has 1 aliphatic carbocycles. The van der Waals surface area contributed by atoms with Crippen molar-refractivity contribution in [1.29, 1.82) is 0 Å². The monoisotopic (exact) mass is 476 g/mol. The molecule has 0 spiro atoms. The Balaban J connectivity index is 1.45. The number of rotatable bonds is 8. The lowest BCUT2D eigenvalue weighted by molar-refractivity contribution is -0.143. The maximum absolute atomic E-state index is 14.5. The van der Waals surface area contributed by atoms with E-state index in [1.165, 1.54) is 12.1 Å². The van der Waals surface area contributed by atoms with Crippen LogP contribution < -0.4 is 15.4 Å². The van der Waals surface area contributed by atoms with Crippen LogP contribution >= 0.6 is 11.6 Å². The second kappa shape index (κ2) is 11.1. The third kappa shape index (κ3) is 6.68. The molecular weight excluding hydrogens is 451 g/mol. The number of benzene rings is 2. The predicted octanol–water partition coefficient (Wildman–Crippen LogP) is 3.97. The van der Waals surface area contributed by atoms with Crippen LogP contribution in [0.4, 0.5) is 4.39 Å². The van der Waals surface area contributed by atoms with E-state index in [0.29, 0.717) is 42.0 Å². The van der Waals surface area contributed by atoms with Crippen LogP contribution in [0.2, 0.25) is 5.02 Å². The van der Waals surface area contributed by atoms with Crippen molar-refractivity contribution in [1.82, 2.24) is 10.6 Å². The zero-order chi connectivity index (χ0) is 24.0. The summed E-state index contributed by atoms with van der Waals surface area (Å²) in [5, 5.41) is 14.8. The third-order valence-electron chi connectivity index (χ3n) is 5.64. The largest absolute Gasteiger partial charge is 0.490 e. The second-order valence-corrected chi connectivity index (χ2v) is 8.45. The molecule has 3 N–H and O–H groups in total. The van der Waals surface area contributed by atoms with Crippen LogP contribution in [0.3, 0.4) is 0 Å². The fourth-order valence-electron chi connectivity index (χ4n) is 3.66. The fraction of sp³-hybridized carbons (Fsp3) is 0.375. The van der Waals surface area contributed by atoms with E-state index in [0.717, 1.165) is 11.6 Å². The van der Waals surface area contributed by atoms with E-state index in [1.807, 2.05) is 6.92 Å². The van der Waals surface area contributed by atoms with E-state index in [2.05, 4.69) is 10.6 Å². The highest BCUT2D eigenvalue weighted by atomic mass is 35.5. The second-order valence-electron chi connectivity index (χ2n) is 8.05. The maximum Gasteiger partial charge on any atom is 0.306 e. The van der Waals surface area contributed by atoms with Gasteiger partial charge in [-0.25, -0.2) is 4.39 Å². The quantitative estimate of drug-likeness (QED) is 0.500. The van der Waals surface area contributed by atoms with Crippen molar-refractivity contribution in [3.8, 4) is 5.75 Å². The molecule has 2 amide bonds. The van der Waals surface area contributed by atoms with Gasteiger partial charge in [-0.2, -0.15) is 0 Å². The molecule has 0 radical (unpaired) electrons. The molecule has 0 aromatic heterocycles. The standard InChI is InChI=1S/C24H26ClFN2O5/c1-14-2-3-16(12-20(14)25)22(29)27-10-11-28-23(30)19-9-8-18(13-21(19)26)33-17-6-4-15(5-7-17)24(31)32/h2-3,8-9,12-13,15,17H,4-7,10-11H2,1H3,(H,27,29)(H,28,30)(H,31,32). The van der Waals surface area contributed by atoms with Crippen LogP contribution in [-0.2, 0) is 4.79 Å².